The summed E-state index contributed by atoms with van der Waals surface area (Å²) in [5.74, 6) is 0.607. The molecular formula is C14H21NO. The molecule has 0 heterocycles. The van der Waals surface area contributed by atoms with Crippen LogP contribution in [0.3, 0.4) is 0 Å². The van der Waals surface area contributed by atoms with Gasteiger partial charge in [-0.1, -0.05) is 44.2 Å². The molecule has 1 amide bonds. The molecule has 2 nitrogen and oxygen atoms in total. The van der Waals surface area contributed by atoms with Gasteiger partial charge in [-0.2, -0.15) is 0 Å². The van der Waals surface area contributed by atoms with E-state index >= 15 is 0 Å². The van der Waals surface area contributed by atoms with Gasteiger partial charge in [0.25, 0.3) is 0 Å². The topological polar surface area (TPSA) is 29.1 Å². The van der Waals surface area contributed by atoms with Crippen LogP contribution in [-0.4, -0.2) is 12.5 Å². The monoisotopic (exact) mass is 219 g/mol. The van der Waals surface area contributed by atoms with Gasteiger partial charge in [0.1, 0.15) is 0 Å². The van der Waals surface area contributed by atoms with Crippen molar-refractivity contribution in [1.82, 2.24) is 5.32 Å². The van der Waals surface area contributed by atoms with Crippen LogP contribution in [0.2, 0.25) is 0 Å². The average Bonchev–Trinajstić information content (AvgIpc) is 2.27. The highest BCUT2D eigenvalue weighted by Crippen LogP contribution is 2.17. The molecule has 0 saturated heterocycles. The molecule has 1 rings (SSSR count). The number of rotatable bonds is 5. The Morgan fingerprint density at radius 2 is 1.88 bits per heavy atom. The van der Waals surface area contributed by atoms with Crippen LogP contribution >= 0.6 is 0 Å². The Morgan fingerprint density at radius 1 is 1.25 bits per heavy atom. The minimum absolute atomic E-state index is 0.0716. The molecule has 0 bridgehead atoms. The summed E-state index contributed by atoms with van der Waals surface area (Å²) >= 11 is 0. The lowest BCUT2D eigenvalue weighted by Gasteiger charge is -2.19. The van der Waals surface area contributed by atoms with Crippen LogP contribution in [0.4, 0.5) is 0 Å². The molecule has 1 N–H and O–H groups in total. The van der Waals surface area contributed by atoms with Crippen LogP contribution < -0.4 is 5.32 Å². The quantitative estimate of drug-likeness (QED) is 0.810. The molecule has 0 unspecified atom stereocenters. The molecular weight excluding hydrogens is 198 g/mol. The van der Waals surface area contributed by atoms with E-state index in [1.165, 1.54) is 5.56 Å². The molecule has 0 saturated carbocycles. The third kappa shape index (κ3) is 3.69. The van der Waals surface area contributed by atoms with E-state index < -0.39 is 0 Å². The Labute approximate surface area is 98.1 Å². The van der Waals surface area contributed by atoms with Gasteiger partial charge in [0, 0.05) is 12.5 Å². The zero-order valence-corrected chi connectivity index (χ0v) is 10.4. The van der Waals surface area contributed by atoms with Crippen LogP contribution in [0.15, 0.2) is 30.3 Å². The lowest BCUT2D eigenvalue weighted by Crippen LogP contribution is -2.34. The van der Waals surface area contributed by atoms with E-state index in [9.17, 15) is 4.79 Å². The first kappa shape index (κ1) is 12.8. The smallest absolute Gasteiger partial charge is 0.223 e. The molecule has 0 fully saturated rings. The van der Waals surface area contributed by atoms with Gasteiger partial charge >= 0.3 is 0 Å². The number of amides is 1. The summed E-state index contributed by atoms with van der Waals surface area (Å²) in [5.41, 5.74) is 1.23. The molecule has 2 heteroatoms. The highest BCUT2D eigenvalue weighted by molar-refractivity contribution is 5.79. The van der Waals surface area contributed by atoms with Crippen LogP contribution in [0, 0.1) is 11.8 Å². The van der Waals surface area contributed by atoms with Gasteiger partial charge in [-0.05, 0) is 24.8 Å². The SMILES string of the molecule is CCNC(=O)[C@H](Cc1ccccc1)C(C)C. The first-order chi connectivity index (χ1) is 7.65. The van der Waals surface area contributed by atoms with Crippen molar-refractivity contribution in [2.45, 2.75) is 27.2 Å². The molecule has 1 aromatic rings. The van der Waals surface area contributed by atoms with E-state index in [0.29, 0.717) is 12.5 Å². The average molecular weight is 219 g/mol. The summed E-state index contributed by atoms with van der Waals surface area (Å²) in [7, 11) is 0. The first-order valence-electron chi connectivity index (χ1n) is 5.96. The van der Waals surface area contributed by atoms with Crippen molar-refractivity contribution < 1.29 is 4.79 Å². The van der Waals surface area contributed by atoms with E-state index in [-0.39, 0.29) is 11.8 Å². The van der Waals surface area contributed by atoms with E-state index in [1.54, 1.807) is 0 Å². The maximum atomic E-state index is 11.9. The maximum absolute atomic E-state index is 11.9. The second-order valence-electron chi connectivity index (χ2n) is 4.43. The molecule has 16 heavy (non-hydrogen) atoms. The highest BCUT2D eigenvalue weighted by Gasteiger charge is 2.21. The fourth-order valence-electron chi connectivity index (χ4n) is 1.80. The number of hydrogen-bond acceptors (Lipinski definition) is 1. The molecule has 0 aliphatic carbocycles. The van der Waals surface area contributed by atoms with Gasteiger partial charge in [-0.15, -0.1) is 0 Å². The van der Waals surface area contributed by atoms with Crippen molar-refractivity contribution in [2.24, 2.45) is 11.8 Å². The highest BCUT2D eigenvalue weighted by atomic mass is 16.1. The molecule has 0 spiro atoms. The normalized spacial score (nSPS) is 12.5. The fraction of sp³-hybridized carbons (Fsp3) is 0.500. The van der Waals surface area contributed by atoms with Crippen molar-refractivity contribution in [2.75, 3.05) is 6.54 Å². The van der Waals surface area contributed by atoms with Crippen molar-refractivity contribution in [3.05, 3.63) is 35.9 Å². The van der Waals surface area contributed by atoms with Crippen LogP contribution in [0.25, 0.3) is 0 Å². The van der Waals surface area contributed by atoms with Gasteiger partial charge in [0.2, 0.25) is 5.91 Å². The Bertz CT molecular complexity index is 319. The van der Waals surface area contributed by atoms with Crippen molar-refractivity contribution in [1.29, 1.82) is 0 Å². The number of hydrogen-bond donors (Lipinski definition) is 1. The molecule has 1 atom stereocenters. The summed E-state index contributed by atoms with van der Waals surface area (Å²) < 4.78 is 0. The van der Waals surface area contributed by atoms with Crippen molar-refractivity contribution >= 4 is 5.91 Å². The van der Waals surface area contributed by atoms with Gasteiger partial charge in [0.05, 0.1) is 0 Å². The van der Waals surface area contributed by atoms with Crippen molar-refractivity contribution in [3.8, 4) is 0 Å². The zero-order chi connectivity index (χ0) is 12.0. The van der Waals surface area contributed by atoms with Gasteiger partial charge < -0.3 is 5.32 Å². The second kappa shape index (κ2) is 6.31. The fourth-order valence-corrected chi connectivity index (χ4v) is 1.80. The van der Waals surface area contributed by atoms with Crippen LogP contribution in [-0.2, 0) is 11.2 Å². The van der Waals surface area contributed by atoms with Crippen LogP contribution in [0.5, 0.6) is 0 Å². The molecule has 1 aromatic carbocycles. The summed E-state index contributed by atoms with van der Waals surface area (Å²) in [6, 6.07) is 10.2. The second-order valence-corrected chi connectivity index (χ2v) is 4.43. The Morgan fingerprint density at radius 3 is 2.38 bits per heavy atom. The summed E-state index contributed by atoms with van der Waals surface area (Å²) in [5, 5.41) is 2.91. The van der Waals surface area contributed by atoms with Gasteiger partial charge in [-0.25, -0.2) is 0 Å². The number of carbonyl (C=O) groups excluding carboxylic acids is 1. The van der Waals surface area contributed by atoms with E-state index in [4.69, 9.17) is 0 Å². The largest absolute Gasteiger partial charge is 0.356 e. The summed E-state index contributed by atoms with van der Waals surface area (Å²) in [4.78, 5) is 11.9. The molecule has 0 radical (unpaired) electrons. The molecule has 0 aliphatic heterocycles. The van der Waals surface area contributed by atoms with E-state index in [2.05, 4.69) is 31.3 Å². The zero-order valence-electron chi connectivity index (χ0n) is 10.4. The van der Waals surface area contributed by atoms with E-state index in [0.717, 1.165) is 6.42 Å². The number of nitrogens with one attached hydrogen (secondary N) is 1. The Hall–Kier alpha value is -1.31. The van der Waals surface area contributed by atoms with Crippen LogP contribution in [0.1, 0.15) is 26.3 Å². The van der Waals surface area contributed by atoms with E-state index in [1.807, 2.05) is 25.1 Å². The first-order valence-corrected chi connectivity index (χ1v) is 5.96. The predicted octanol–water partition coefficient (Wildman–Crippen LogP) is 2.64. The molecule has 0 aliphatic rings. The predicted molar refractivity (Wildman–Crippen MR) is 67.2 cm³/mol. The minimum Gasteiger partial charge on any atom is -0.356 e. The maximum Gasteiger partial charge on any atom is 0.223 e. The number of carbonyl (C=O) groups is 1. The van der Waals surface area contributed by atoms with Gasteiger partial charge in [-0.3, -0.25) is 4.79 Å². The van der Waals surface area contributed by atoms with Gasteiger partial charge in [0.15, 0.2) is 0 Å². The lowest BCUT2D eigenvalue weighted by molar-refractivity contribution is -0.126. The lowest BCUT2D eigenvalue weighted by atomic mass is 9.88. The molecule has 88 valence electrons. The summed E-state index contributed by atoms with van der Waals surface area (Å²) in [6.45, 7) is 6.86. The number of benzene rings is 1. The van der Waals surface area contributed by atoms with Crippen molar-refractivity contribution in [3.63, 3.8) is 0 Å². The molecule has 0 aromatic heterocycles. The standard InChI is InChI=1S/C14H21NO/c1-4-15-14(16)13(11(2)3)10-12-8-6-5-7-9-12/h5-9,11,13H,4,10H2,1-3H3,(H,15,16)/t13-/m1/s1. The third-order valence-electron chi connectivity index (χ3n) is 2.79. The Balaban J connectivity index is 2.69. The Kier molecular flexibility index (Phi) is 5.03. The minimum atomic E-state index is 0.0716. The third-order valence-corrected chi connectivity index (χ3v) is 2.79. The summed E-state index contributed by atoms with van der Waals surface area (Å²) in [6.07, 6.45) is 0.824.